The van der Waals surface area contributed by atoms with Gasteiger partial charge < -0.3 is 15.7 Å². The van der Waals surface area contributed by atoms with Gasteiger partial charge in [0.25, 0.3) is 0 Å². The highest BCUT2D eigenvalue weighted by molar-refractivity contribution is 9.10. The van der Waals surface area contributed by atoms with Gasteiger partial charge in [-0.05, 0) is 37.1 Å². The summed E-state index contributed by atoms with van der Waals surface area (Å²) in [6.45, 7) is 4.69. The second-order valence-electron chi connectivity index (χ2n) is 3.68. The zero-order chi connectivity index (χ0) is 12.0. The van der Waals surface area contributed by atoms with Crippen LogP contribution in [-0.4, -0.2) is 24.8 Å². The van der Waals surface area contributed by atoms with Gasteiger partial charge in [0.05, 0.1) is 0 Å². The van der Waals surface area contributed by atoms with Crippen molar-refractivity contribution in [2.45, 2.75) is 19.9 Å². The van der Waals surface area contributed by atoms with E-state index in [4.69, 9.17) is 10.8 Å². The van der Waals surface area contributed by atoms with Crippen LogP contribution in [-0.2, 0) is 6.54 Å². The molecule has 0 aromatic heterocycles. The molecule has 0 amide bonds. The highest BCUT2D eigenvalue weighted by Gasteiger charge is 2.06. The molecule has 0 bridgehead atoms. The van der Waals surface area contributed by atoms with Crippen LogP contribution in [0.25, 0.3) is 0 Å². The maximum Gasteiger partial charge on any atom is 0.0447 e. The average Bonchev–Trinajstić information content (AvgIpc) is 2.29. The Morgan fingerprint density at radius 1 is 1.38 bits per heavy atom. The smallest absolute Gasteiger partial charge is 0.0447 e. The van der Waals surface area contributed by atoms with Crippen molar-refractivity contribution in [2.75, 3.05) is 24.6 Å². The third-order valence-corrected chi connectivity index (χ3v) is 2.97. The lowest BCUT2D eigenvalue weighted by atomic mass is 10.2. The molecular formula is C12H19BrN2O. The highest BCUT2D eigenvalue weighted by Crippen LogP contribution is 2.22. The third kappa shape index (κ3) is 3.77. The van der Waals surface area contributed by atoms with Crippen LogP contribution >= 0.6 is 15.9 Å². The number of rotatable bonds is 6. The Labute approximate surface area is 105 Å². The molecule has 0 atom stereocenters. The number of hydrogen-bond acceptors (Lipinski definition) is 3. The third-order valence-electron chi connectivity index (χ3n) is 2.51. The van der Waals surface area contributed by atoms with Gasteiger partial charge in [0.15, 0.2) is 0 Å². The van der Waals surface area contributed by atoms with Gasteiger partial charge in [0, 0.05) is 36.4 Å². The number of hydrogen-bond donors (Lipinski definition) is 2. The van der Waals surface area contributed by atoms with Crippen LogP contribution in [0.1, 0.15) is 18.9 Å². The lowest BCUT2D eigenvalue weighted by Gasteiger charge is -2.23. The fraction of sp³-hybridized carbons (Fsp3) is 0.500. The van der Waals surface area contributed by atoms with E-state index in [1.54, 1.807) is 0 Å². The minimum absolute atomic E-state index is 0.230. The number of aliphatic hydroxyl groups is 1. The largest absolute Gasteiger partial charge is 0.396 e. The molecule has 0 heterocycles. The Balaban J connectivity index is 2.86. The molecule has 0 radical (unpaired) electrons. The van der Waals surface area contributed by atoms with E-state index in [0.29, 0.717) is 6.54 Å². The van der Waals surface area contributed by atoms with Crippen molar-refractivity contribution in [3.05, 3.63) is 28.2 Å². The lowest BCUT2D eigenvalue weighted by Crippen LogP contribution is -2.24. The van der Waals surface area contributed by atoms with E-state index in [1.165, 1.54) is 0 Å². The molecule has 16 heavy (non-hydrogen) atoms. The summed E-state index contributed by atoms with van der Waals surface area (Å²) in [5.74, 6) is 0. The van der Waals surface area contributed by atoms with Gasteiger partial charge in [-0.3, -0.25) is 0 Å². The first-order chi connectivity index (χ1) is 7.71. The molecule has 0 aliphatic carbocycles. The zero-order valence-electron chi connectivity index (χ0n) is 9.62. The zero-order valence-corrected chi connectivity index (χ0v) is 11.2. The van der Waals surface area contributed by atoms with Crippen LogP contribution in [0.5, 0.6) is 0 Å². The molecule has 0 fully saturated rings. The van der Waals surface area contributed by atoms with Crippen molar-refractivity contribution >= 4 is 21.6 Å². The SMILES string of the molecule is CCN(CCCO)c1cc(Br)cc(CN)c1. The summed E-state index contributed by atoms with van der Waals surface area (Å²) in [6, 6.07) is 6.22. The maximum absolute atomic E-state index is 8.86. The Morgan fingerprint density at radius 2 is 2.12 bits per heavy atom. The van der Waals surface area contributed by atoms with E-state index in [9.17, 15) is 0 Å². The van der Waals surface area contributed by atoms with Gasteiger partial charge >= 0.3 is 0 Å². The summed E-state index contributed by atoms with van der Waals surface area (Å²) in [7, 11) is 0. The highest BCUT2D eigenvalue weighted by atomic mass is 79.9. The predicted octanol–water partition coefficient (Wildman–Crippen LogP) is 2.12. The second-order valence-corrected chi connectivity index (χ2v) is 4.59. The monoisotopic (exact) mass is 286 g/mol. The van der Waals surface area contributed by atoms with Crippen LogP contribution in [0.2, 0.25) is 0 Å². The van der Waals surface area contributed by atoms with Crippen molar-refractivity contribution in [3.63, 3.8) is 0 Å². The van der Waals surface area contributed by atoms with Crippen LogP contribution in [0, 0.1) is 0 Å². The molecular weight excluding hydrogens is 268 g/mol. The average molecular weight is 287 g/mol. The van der Waals surface area contributed by atoms with Crippen LogP contribution in [0.15, 0.2) is 22.7 Å². The molecule has 1 aromatic rings. The number of anilines is 1. The van der Waals surface area contributed by atoms with Crippen LogP contribution < -0.4 is 10.6 Å². The topological polar surface area (TPSA) is 49.5 Å². The van der Waals surface area contributed by atoms with Gasteiger partial charge in [-0.1, -0.05) is 15.9 Å². The Hall–Kier alpha value is -0.580. The quantitative estimate of drug-likeness (QED) is 0.842. The van der Waals surface area contributed by atoms with Gasteiger partial charge in [-0.25, -0.2) is 0 Å². The normalized spacial score (nSPS) is 10.5. The number of aliphatic hydroxyl groups excluding tert-OH is 1. The van der Waals surface area contributed by atoms with Gasteiger partial charge in [-0.2, -0.15) is 0 Å². The molecule has 0 aliphatic rings. The van der Waals surface area contributed by atoms with Crippen molar-refractivity contribution in [2.24, 2.45) is 5.73 Å². The maximum atomic E-state index is 8.86. The lowest BCUT2D eigenvalue weighted by molar-refractivity contribution is 0.289. The van der Waals surface area contributed by atoms with E-state index in [2.05, 4.69) is 39.9 Å². The molecule has 1 aromatic carbocycles. The van der Waals surface area contributed by atoms with Gasteiger partial charge in [0.1, 0.15) is 0 Å². The molecule has 0 unspecified atom stereocenters. The Kier molecular flexibility index (Phi) is 5.80. The van der Waals surface area contributed by atoms with E-state index < -0.39 is 0 Å². The fourth-order valence-electron chi connectivity index (χ4n) is 1.67. The first kappa shape index (κ1) is 13.5. The summed E-state index contributed by atoms with van der Waals surface area (Å²) in [4.78, 5) is 2.24. The Bertz CT molecular complexity index is 331. The molecule has 0 saturated carbocycles. The van der Waals surface area contributed by atoms with E-state index >= 15 is 0 Å². The predicted molar refractivity (Wildman–Crippen MR) is 71.6 cm³/mol. The molecule has 3 nitrogen and oxygen atoms in total. The van der Waals surface area contributed by atoms with Crippen molar-refractivity contribution in [1.82, 2.24) is 0 Å². The molecule has 4 heteroatoms. The molecule has 0 aliphatic heterocycles. The molecule has 90 valence electrons. The first-order valence-corrected chi connectivity index (χ1v) is 6.36. The fourth-order valence-corrected chi connectivity index (χ4v) is 2.19. The molecule has 1 rings (SSSR count). The molecule has 0 spiro atoms. The summed E-state index contributed by atoms with van der Waals surface area (Å²) >= 11 is 3.49. The van der Waals surface area contributed by atoms with Crippen molar-refractivity contribution in [1.29, 1.82) is 0 Å². The summed E-state index contributed by atoms with van der Waals surface area (Å²) in [5, 5.41) is 8.86. The number of benzene rings is 1. The van der Waals surface area contributed by atoms with E-state index in [-0.39, 0.29) is 6.61 Å². The number of nitrogens with zero attached hydrogens (tertiary/aromatic N) is 1. The van der Waals surface area contributed by atoms with E-state index in [1.807, 2.05) is 6.07 Å². The van der Waals surface area contributed by atoms with Crippen LogP contribution in [0.3, 0.4) is 0 Å². The summed E-state index contributed by atoms with van der Waals surface area (Å²) in [6.07, 6.45) is 0.790. The summed E-state index contributed by atoms with van der Waals surface area (Å²) in [5.41, 5.74) is 7.93. The van der Waals surface area contributed by atoms with Crippen LogP contribution in [0.4, 0.5) is 5.69 Å². The standard InChI is InChI=1S/C12H19BrN2O/c1-2-15(4-3-5-16)12-7-10(9-14)6-11(13)8-12/h6-8,16H,2-5,9,14H2,1H3. The minimum Gasteiger partial charge on any atom is -0.396 e. The van der Waals surface area contributed by atoms with Gasteiger partial charge in [-0.15, -0.1) is 0 Å². The van der Waals surface area contributed by atoms with Crippen molar-refractivity contribution in [3.8, 4) is 0 Å². The number of nitrogens with two attached hydrogens (primary N) is 1. The minimum atomic E-state index is 0.230. The molecule has 3 N–H and O–H groups in total. The van der Waals surface area contributed by atoms with Gasteiger partial charge in [0.2, 0.25) is 0 Å². The Morgan fingerprint density at radius 3 is 2.69 bits per heavy atom. The van der Waals surface area contributed by atoms with Crippen molar-refractivity contribution < 1.29 is 5.11 Å². The number of halogens is 1. The second kappa shape index (κ2) is 6.89. The molecule has 0 saturated heterocycles. The van der Waals surface area contributed by atoms with E-state index in [0.717, 1.165) is 35.2 Å². The summed E-state index contributed by atoms with van der Waals surface area (Å²) < 4.78 is 1.05. The first-order valence-electron chi connectivity index (χ1n) is 5.56.